The van der Waals surface area contributed by atoms with Gasteiger partial charge in [0.2, 0.25) is 12.2 Å². The van der Waals surface area contributed by atoms with Crippen molar-refractivity contribution in [2.24, 2.45) is 4.99 Å². The second-order valence-electron chi connectivity index (χ2n) is 8.71. The molecule has 0 aliphatic carbocycles. The Bertz CT molecular complexity index is 538. The lowest BCUT2D eigenvalue weighted by Gasteiger charge is -2.39. The van der Waals surface area contributed by atoms with E-state index < -0.39 is 0 Å². The molecule has 0 radical (unpaired) electrons. The summed E-state index contributed by atoms with van der Waals surface area (Å²) in [5.74, 6) is 0.782. The van der Waals surface area contributed by atoms with Crippen molar-refractivity contribution in [3.05, 3.63) is 24.3 Å². The maximum atomic E-state index is 9.18. The van der Waals surface area contributed by atoms with E-state index in [4.69, 9.17) is 0 Å². The van der Waals surface area contributed by atoms with Crippen LogP contribution in [0, 0.1) is 11.5 Å². The van der Waals surface area contributed by atoms with E-state index in [9.17, 15) is 5.26 Å². The first-order chi connectivity index (χ1) is 11.6. The number of unbranched alkanes of at least 4 members (excludes halogenated alkanes) is 3. The molecule has 0 N–H and O–H groups in total. The number of nitriles is 1. The molecule has 0 saturated carbocycles. The number of nitrogens with zero attached hydrogens (tertiary/aromatic N) is 4. The van der Waals surface area contributed by atoms with Crippen molar-refractivity contribution in [1.29, 1.82) is 5.26 Å². The fourth-order valence-electron chi connectivity index (χ4n) is 3.19. The quantitative estimate of drug-likeness (QED) is 0.382. The van der Waals surface area contributed by atoms with Crippen LogP contribution in [-0.4, -0.2) is 39.4 Å². The lowest BCUT2D eigenvalue weighted by Crippen LogP contribution is -2.50. The number of rotatable bonds is 6. The lowest BCUT2D eigenvalue weighted by atomic mass is 10.0. The van der Waals surface area contributed by atoms with Gasteiger partial charge in [-0.1, -0.05) is 44.1 Å². The normalized spacial score (nSPS) is 21.0. The van der Waals surface area contributed by atoms with Gasteiger partial charge in [-0.2, -0.15) is 5.26 Å². The largest absolute Gasteiger partial charge is 0.335 e. The molecular formula is C21H36N4. The number of hydrogen-bond donors (Lipinski definition) is 0. The Balaban J connectivity index is 2.97. The molecule has 25 heavy (non-hydrogen) atoms. The molecule has 0 amide bonds. The van der Waals surface area contributed by atoms with Gasteiger partial charge in [0.25, 0.3) is 0 Å². The monoisotopic (exact) mass is 344 g/mol. The number of hydrogen-bond acceptors (Lipinski definition) is 2. The van der Waals surface area contributed by atoms with E-state index in [0.29, 0.717) is 0 Å². The fourth-order valence-corrected chi connectivity index (χ4v) is 3.19. The van der Waals surface area contributed by atoms with E-state index in [1.54, 1.807) is 0 Å². The van der Waals surface area contributed by atoms with Crippen molar-refractivity contribution in [3.63, 3.8) is 0 Å². The van der Waals surface area contributed by atoms with Crippen LogP contribution in [0.25, 0.3) is 0 Å². The number of guanidine groups is 1. The van der Waals surface area contributed by atoms with Crippen molar-refractivity contribution >= 4 is 5.96 Å². The zero-order chi connectivity index (χ0) is 19.1. The second kappa shape index (κ2) is 9.08. The third-order valence-electron chi connectivity index (χ3n) is 4.40. The van der Waals surface area contributed by atoms with Crippen LogP contribution in [0.4, 0.5) is 0 Å². The predicted octanol–water partition coefficient (Wildman–Crippen LogP) is 5.10. The molecule has 1 aliphatic heterocycles. The van der Waals surface area contributed by atoms with Crippen LogP contribution in [0.1, 0.15) is 74.1 Å². The standard InChI is InChI=1S/C21H36N4/c1-8-9-10-11-12-13-14-15-18-16-24(20(2,3)4)19(23-17-22)25(18)21(5,6)7/h12-15,18H,8-11,16H2,1-7H3/b13-12+,15-14+,23-19?. The third kappa shape index (κ3) is 6.23. The topological polar surface area (TPSA) is 42.6 Å². The predicted molar refractivity (Wildman–Crippen MR) is 107 cm³/mol. The summed E-state index contributed by atoms with van der Waals surface area (Å²) in [5.41, 5.74) is -0.173. The molecule has 4 nitrogen and oxygen atoms in total. The molecule has 1 atom stereocenters. The first kappa shape index (κ1) is 21.3. The van der Waals surface area contributed by atoms with E-state index in [0.717, 1.165) is 18.9 Å². The van der Waals surface area contributed by atoms with E-state index in [2.05, 4.69) is 87.6 Å². The van der Waals surface area contributed by atoms with Gasteiger partial charge in [0.15, 0.2) is 0 Å². The van der Waals surface area contributed by atoms with Gasteiger partial charge in [-0.25, -0.2) is 0 Å². The maximum Gasteiger partial charge on any atom is 0.214 e. The van der Waals surface area contributed by atoms with Crippen LogP contribution >= 0.6 is 0 Å². The Morgan fingerprint density at radius 3 is 2.32 bits per heavy atom. The van der Waals surface area contributed by atoms with Gasteiger partial charge in [-0.15, -0.1) is 4.99 Å². The Morgan fingerprint density at radius 1 is 1.12 bits per heavy atom. The Kier molecular flexibility index (Phi) is 7.73. The van der Waals surface area contributed by atoms with Gasteiger partial charge in [0.1, 0.15) is 0 Å². The molecule has 1 unspecified atom stereocenters. The summed E-state index contributed by atoms with van der Waals surface area (Å²) >= 11 is 0. The Hall–Kier alpha value is -1.76. The lowest BCUT2D eigenvalue weighted by molar-refractivity contribution is 0.224. The molecule has 0 aromatic heterocycles. The summed E-state index contributed by atoms with van der Waals surface area (Å²) in [5, 5.41) is 9.18. The molecule has 1 aliphatic rings. The molecule has 0 spiro atoms. The van der Waals surface area contributed by atoms with Crippen molar-refractivity contribution in [3.8, 4) is 6.19 Å². The highest BCUT2D eigenvalue weighted by molar-refractivity contribution is 5.85. The SMILES string of the molecule is CCCCC/C=C/C=C/C1CN(C(C)(C)C)C(=NC#N)N1C(C)(C)C. The molecule has 0 aromatic rings. The van der Waals surface area contributed by atoms with E-state index in [1.165, 1.54) is 19.3 Å². The minimum atomic E-state index is -0.102. The zero-order valence-electron chi connectivity index (χ0n) is 17.2. The van der Waals surface area contributed by atoms with Gasteiger partial charge in [-0.05, 0) is 54.4 Å². The summed E-state index contributed by atoms with van der Waals surface area (Å²) < 4.78 is 0. The minimum absolute atomic E-state index is 0.0717. The number of aliphatic imine (C=N–C) groups is 1. The molecule has 1 fully saturated rings. The highest BCUT2D eigenvalue weighted by atomic mass is 15.5. The molecular weight excluding hydrogens is 308 g/mol. The fraction of sp³-hybridized carbons (Fsp3) is 0.714. The van der Waals surface area contributed by atoms with Crippen molar-refractivity contribution in [2.75, 3.05) is 6.54 Å². The van der Waals surface area contributed by atoms with E-state index >= 15 is 0 Å². The van der Waals surface area contributed by atoms with Crippen molar-refractivity contribution < 1.29 is 0 Å². The molecule has 0 bridgehead atoms. The molecule has 0 aromatic carbocycles. The van der Waals surface area contributed by atoms with Crippen LogP contribution in [0.15, 0.2) is 29.3 Å². The molecule has 1 rings (SSSR count). The number of allylic oxidation sites excluding steroid dienone is 3. The maximum absolute atomic E-state index is 9.18. The van der Waals surface area contributed by atoms with Crippen LogP contribution in [0.5, 0.6) is 0 Å². The van der Waals surface area contributed by atoms with Gasteiger partial charge in [-0.3, -0.25) is 0 Å². The Labute approximate surface area is 154 Å². The highest BCUT2D eigenvalue weighted by Gasteiger charge is 2.44. The second-order valence-corrected chi connectivity index (χ2v) is 8.71. The van der Waals surface area contributed by atoms with Crippen molar-refractivity contribution in [1.82, 2.24) is 9.80 Å². The average Bonchev–Trinajstić information content (AvgIpc) is 2.85. The highest BCUT2D eigenvalue weighted by Crippen LogP contribution is 2.31. The van der Waals surface area contributed by atoms with Gasteiger partial charge < -0.3 is 9.80 Å². The zero-order valence-corrected chi connectivity index (χ0v) is 17.2. The first-order valence-electron chi connectivity index (χ1n) is 9.50. The van der Waals surface area contributed by atoms with Crippen LogP contribution < -0.4 is 0 Å². The summed E-state index contributed by atoms with van der Waals surface area (Å²) in [6.45, 7) is 16.1. The molecule has 140 valence electrons. The molecule has 1 saturated heterocycles. The summed E-state index contributed by atoms with van der Waals surface area (Å²) in [6.07, 6.45) is 15.7. The van der Waals surface area contributed by atoms with E-state index in [1.807, 2.05) is 6.19 Å². The molecule has 1 heterocycles. The smallest absolute Gasteiger partial charge is 0.214 e. The van der Waals surface area contributed by atoms with Gasteiger partial charge in [0.05, 0.1) is 6.04 Å². The summed E-state index contributed by atoms with van der Waals surface area (Å²) in [6, 6.07) is 0.214. The first-order valence-corrected chi connectivity index (χ1v) is 9.50. The third-order valence-corrected chi connectivity index (χ3v) is 4.40. The van der Waals surface area contributed by atoms with Crippen LogP contribution in [0.2, 0.25) is 0 Å². The van der Waals surface area contributed by atoms with Crippen molar-refractivity contribution in [2.45, 2.75) is 91.3 Å². The molecule has 4 heteroatoms. The summed E-state index contributed by atoms with van der Waals surface area (Å²) in [4.78, 5) is 8.67. The minimum Gasteiger partial charge on any atom is -0.335 e. The van der Waals surface area contributed by atoms with Gasteiger partial charge in [0, 0.05) is 17.6 Å². The van der Waals surface area contributed by atoms with Gasteiger partial charge >= 0.3 is 0 Å². The average molecular weight is 345 g/mol. The van der Waals surface area contributed by atoms with E-state index in [-0.39, 0.29) is 17.1 Å². The van der Waals surface area contributed by atoms with Crippen LogP contribution in [-0.2, 0) is 0 Å². The summed E-state index contributed by atoms with van der Waals surface area (Å²) in [7, 11) is 0. The van der Waals surface area contributed by atoms with Crippen LogP contribution in [0.3, 0.4) is 0 Å². The Morgan fingerprint density at radius 2 is 1.80 bits per heavy atom.